The van der Waals surface area contributed by atoms with Crippen LogP contribution in [0, 0.1) is 12.3 Å². The molecule has 1 fully saturated rings. The minimum absolute atomic E-state index is 0.0117. The van der Waals surface area contributed by atoms with Gasteiger partial charge in [-0.3, -0.25) is 0 Å². The molecule has 3 heteroatoms. The van der Waals surface area contributed by atoms with Crippen LogP contribution in [0.25, 0.3) is 0 Å². The van der Waals surface area contributed by atoms with E-state index in [0.717, 1.165) is 12.8 Å². The van der Waals surface area contributed by atoms with Crippen molar-refractivity contribution >= 4 is 6.03 Å². The maximum absolute atomic E-state index is 11.8. The number of carbonyl (C=O) groups excluding carboxylic acids is 1. The van der Waals surface area contributed by atoms with Gasteiger partial charge in [0.1, 0.15) is 0 Å². The molecule has 3 nitrogen and oxygen atoms in total. The summed E-state index contributed by atoms with van der Waals surface area (Å²) in [6, 6.07) is 0.348. The lowest BCUT2D eigenvalue weighted by molar-refractivity contribution is 0.198. The van der Waals surface area contributed by atoms with Crippen molar-refractivity contribution < 1.29 is 4.79 Å². The SMILES string of the molecule is C#CCN(CC)C(=O)NC1CCCCC1. The average Bonchev–Trinajstić information content (AvgIpc) is 2.27. The summed E-state index contributed by atoms with van der Waals surface area (Å²) < 4.78 is 0. The topological polar surface area (TPSA) is 32.3 Å². The van der Waals surface area contributed by atoms with Gasteiger partial charge in [-0.15, -0.1) is 6.42 Å². The average molecular weight is 208 g/mol. The van der Waals surface area contributed by atoms with Crippen LogP contribution in [-0.4, -0.2) is 30.1 Å². The lowest BCUT2D eigenvalue weighted by atomic mass is 9.96. The molecular weight excluding hydrogens is 188 g/mol. The van der Waals surface area contributed by atoms with Gasteiger partial charge < -0.3 is 10.2 Å². The molecule has 0 aromatic carbocycles. The fraction of sp³-hybridized carbons (Fsp3) is 0.750. The van der Waals surface area contributed by atoms with E-state index in [2.05, 4.69) is 11.2 Å². The van der Waals surface area contributed by atoms with Gasteiger partial charge in [0.05, 0.1) is 6.54 Å². The van der Waals surface area contributed by atoms with Crippen LogP contribution >= 0.6 is 0 Å². The van der Waals surface area contributed by atoms with Gasteiger partial charge in [0.15, 0.2) is 0 Å². The summed E-state index contributed by atoms with van der Waals surface area (Å²) >= 11 is 0. The van der Waals surface area contributed by atoms with Crippen LogP contribution in [-0.2, 0) is 0 Å². The molecule has 0 aromatic heterocycles. The van der Waals surface area contributed by atoms with Crippen molar-refractivity contribution in [1.82, 2.24) is 10.2 Å². The number of terminal acetylenes is 1. The number of hydrogen-bond donors (Lipinski definition) is 1. The first kappa shape index (κ1) is 11.9. The van der Waals surface area contributed by atoms with Gasteiger partial charge in [0, 0.05) is 12.6 Å². The van der Waals surface area contributed by atoms with E-state index in [4.69, 9.17) is 6.42 Å². The minimum Gasteiger partial charge on any atom is -0.335 e. The third-order valence-electron chi connectivity index (χ3n) is 2.88. The predicted octanol–water partition coefficient (Wildman–Crippen LogP) is 1.98. The standard InChI is InChI=1S/C12H20N2O/c1-3-10-14(4-2)12(15)13-11-8-6-5-7-9-11/h1,11H,4-10H2,2H3,(H,13,15). The van der Waals surface area contributed by atoms with Crippen molar-refractivity contribution in [3.8, 4) is 12.3 Å². The van der Waals surface area contributed by atoms with Crippen LogP contribution in [0.3, 0.4) is 0 Å². The van der Waals surface area contributed by atoms with Crippen LogP contribution in [0.2, 0.25) is 0 Å². The number of amides is 2. The van der Waals surface area contributed by atoms with Gasteiger partial charge in [0.2, 0.25) is 0 Å². The van der Waals surface area contributed by atoms with E-state index in [9.17, 15) is 4.79 Å². The van der Waals surface area contributed by atoms with Crippen molar-refractivity contribution in [2.45, 2.75) is 45.1 Å². The minimum atomic E-state index is -0.0117. The van der Waals surface area contributed by atoms with Gasteiger partial charge in [-0.25, -0.2) is 4.79 Å². The van der Waals surface area contributed by atoms with Gasteiger partial charge in [0.25, 0.3) is 0 Å². The Balaban J connectivity index is 2.35. The Morgan fingerprint density at radius 3 is 2.67 bits per heavy atom. The Kier molecular flexibility index (Phi) is 5.03. The molecule has 0 unspecified atom stereocenters. The normalized spacial score (nSPS) is 16.8. The van der Waals surface area contributed by atoms with Crippen LogP contribution in [0.5, 0.6) is 0 Å². The zero-order valence-electron chi connectivity index (χ0n) is 9.46. The summed E-state index contributed by atoms with van der Waals surface area (Å²) in [4.78, 5) is 13.4. The lowest BCUT2D eigenvalue weighted by Crippen LogP contribution is -2.45. The Morgan fingerprint density at radius 2 is 2.13 bits per heavy atom. The molecule has 1 saturated carbocycles. The molecule has 0 spiro atoms. The molecule has 1 rings (SSSR count). The van der Waals surface area contributed by atoms with Gasteiger partial charge in [-0.05, 0) is 19.8 Å². The molecule has 0 heterocycles. The van der Waals surface area contributed by atoms with Crippen LogP contribution in [0.4, 0.5) is 4.79 Å². The molecule has 1 aliphatic rings. The molecule has 0 saturated heterocycles. The first-order valence-corrected chi connectivity index (χ1v) is 5.76. The van der Waals surface area contributed by atoms with E-state index in [1.165, 1.54) is 19.3 Å². The molecule has 1 N–H and O–H groups in total. The van der Waals surface area contributed by atoms with Gasteiger partial charge in [-0.1, -0.05) is 25.2 Å². The summed E-state index contributed by atoms with van der Waals surface area (Å²) in [5.74, 6) is 2.50. The highest BCUT2D eigenvalue weighted by Gasteiger charge is 2.18. The quantitative estimate of drug-likeness (QED) is 0.707. The maximum atomic E-state index is 11.8. The third-order valence-corrected chi connectivity index (χ3v) is 2.88. The van der Waals surface area contributed by atoms with Gasteiger partial charge >= 0.3 is 6.03 Å². The second kappa shape index (κ2) is 6.34. The van der Waals surface area contributed by atoms with Crippen molar-refractivity contribution in [2.75, 3.05) is 13.1 Å². The highest BCUT2D eigenvalue weighted by atomic mass is 16.2. The first-order valence-electron chi connectivity index (χ1n) is 5.76. The fourth-order valence-corrected chi connectivity index (χ4v) is 1.95. The van der Waals surface area contributed by atoms with E-state index >= 15 is 0 Å². The van der Waals surface area contributed by atoms with Crippen molar-refractivity contribution in [3.05, 3.63) is 0 Å². The maximum Gasteiger partial charge on any atom is 0.318 e. The van der Waals surface area contributed by atoms with E-state index in [1.807, 2.05) is 6.92 Å². The second-order valence-electron chi connectivity index (χ2n) is 4.00. The summed E-state index contributed by atoms with van der Waals surface area (Å²) in [5.41, 5.74) is 0. The Bertz CT molecular complexity index is 238. The lowest BCUT2D eigenvalue weighted by Gasteiger charge is -2.26. The van der Waals surface area contributed by atoms with E-state index < -0.39 is 0 Å². The van der Waals surface area contributed by atoms with Crippen molar-refractivity contribution in [3.63, 3.8) is 0 Å². The number of carbonyl (C=O) groups is 1. The smallest absolute Gasteiger partial charge is 0.318 e. The van der Waals surface area contributed by atoms with Gasteiger partial charge in [-0.2, -0.15) is 0 Å². The van der Waals surface area contributed by atoms with Crippen LogP contribution in [0.15, 0.2) is 0 Å². The molecule has 84 valence electrons. The van der Waals surface area contributed by atoms with Crippen molar-refractivity contribution in [2.24, 2.45) is 0 Å². The predicted molar refractivity (Wildman–Crippen MR) is 61.5 cm³/mol. The number of rotatable bonds is 3. The zero-order chi connectivity index (χ0) is 11.1. The number of nitrogens with one attached hydrogen (secondary N) is 1. The van der Waals surface area contributed by atoms with E-state index in [-0.39, 0.29) is 6.03 Å². The second-order valence-corrected chi connectivity index (χ2v) is 4.00. The summed E-state index contributed by atoms with van der Waals surface area (Å²) in [7, 11) is 0. The third kappa shape index (κ3) is 3.83. The highest BCUT2D eigenvalue weighted by molar-refractivity contribution is 5.74. The molecular formula is C12H20N2O. The molecule has 0 bridgehead atoms. The number of urea groups is 1. The molecule has 0 radical (unpaired) electrons. The van der Waals surface area contributed by atoms with Crippen LogP contribution in [0.1, 0.15) is 39.0 Å². The number of nitrogens with zero attached hydrogens (tertiary/aromatic N) is 1. The Morgan fingerprint density at radius 1 is 1.47 bits per heavy atom. The molecule has 15 heavy (non-hydrogen) atoms. The molecule has 1 aliphatic carbocycles. The fourth-order valence-electron chi connectivity index (χ4n) is 1.95. The Hall–Kier alpha value is -1.17. The molecule has 0 aliphatic heterocycles. The highest BCUT2D eigenvalue weighted by Crippen LogP contribution is 2.17. The van der Waals surface area contributed by atoms with Crippen LogP contribution < -0.4 is 5.32 Å². The summed E-state index contributed by atoms with van der Waals surface area (Å²) in [6.45, 7) is 3.01. The monoisotopic (exact) mass is 208 g/mol. The molecule has 0 aromatic rings. The van der Waals surface area contributed by atoms with E-state index in [0.29, 0.717) is 19.1 Å². The Labute approximate surface area is 92.2 Å². The summed E-state index contributed by atoms with van der Waals surface area (Å²) in [6.07, 6.45) is 11.2. The van der Waals surface area contributed by atoms with Crippen molar-refractivity contribution in [1.29, 1.82) is 0 Å². The molecule has 0 atom stereocenters. The first-order chi connectivity index (χ1) is 7.27. The zero-order valence-corrected chi connectivity index (χ0v) is 9.46. The molecule has 2 amide bonds. The largest absolute Gasteiger partial charge is 0.335 e. The van der Waals surface area contributed by atoms with E-state index in [1.54, 1.807) is 4.90 Å². The number of hydrogen-bond acceptors (Lipinski definition) is 1. The summed E-state index contributed by atoms with van der Waals surface area (Å²) in [5, 5.41) is 3.05.